The predicted molar refractivity (Wildman–Crippen MR) is 226 cm³/mol. The Morgan fingerprint density at radius 2 is 0.852 bits per heavy atom. The maximum absolute atomic E-state index is 4.66. The summed E-state index contributed by atoms with van der Waals surface area (Å²) in [4.78, 5) is 4.66. The highest BCUT2D eigenvalue weighted by Crippen LogP contribution is 2.48. The molecule has 8 aromatic carbocycles. The van der Waals surface area contributed by atoms with Gasteiger partial charge in [0, 0.05) is 61.6 Å². The van der Waals surface area contributed by atoms with E-state index in [2.05, 4.69) is 190 Å². The van der Waals surface area contributed by atoms with E-state index in [1.54, 1.807) is 0 Å². The lowest BCUT2D eigenvalue weighted by atomic mass is 9.96. The molecule has 0 fully saturated rings. The van der Waals surface area contributed by atoms with Gasteiger partial charge in [0.1, 0.15) is 0 Å². The summed E-state index contributed by atoms with van der Waals surface area (Å²) < 4.78 is 4.80. The summed E-state index contributed by atoms with van der Waals surface area (Å²) >= 11 is 0. The van der Waals surface area contributed by atoms with E-state index in [9.17, 15) is 0 Å². The van der Waals surface area contributed by atoms with Crippen molar-refractivity contribution in [2.24, 2.45) is 0 Å². The van der Waals surface area contributed by atoms with Gasteiger partial charge in [-0.1, -0.05) is 103 Å². The van der Waals surface area contributed by atoms with Crippen molar-refractivity contribution in [3.05, 3.63) is 188 Å². The lowest BCUT2D eigenvalue weighted by molar-refractivity contribution is 1.18. The normalized spacial score (nSPS) is 12.1. The number of fused-ring (bicyclic) bond motifs is 9. The Balaban J connectivity index is 1.05. The molecule has 0 radical (unpaired) electrons. The van der Waals surface area contributed by atoms with Gasteiger partial charge in [-0.05, 0) is 112 Å². The van der Waals surface area contributed by atoms with Gasteiger partial charge >= 0.3 is 0 Å². The second-order valence-electron chi connectivity index (χ2n) is 14.4. The summed E-state index contributed by atoms with van der Waals surface area (Å²) in [5, 5.41) is 7.46. The minimum absolute atomic E-state index is 1.15. The van der Waals surface area contributed by atoms with Crippen LogP contribution in [0.2, 0.25) is 0 Å². The van der Waals surface area contributed by atoms with Crippen molar-refractivity contribution in [1.29, 1.82) is 0 Å². The Kier molecular flexibility index (Phi) is 6.05. The third kappa shape index (κ3) is 4.15. The van der Waals surface area contributed by atoms with E-state index in [1.165, 1.54) is 105 Å². The average Bonchev–Trinajstić information content (AvgIpc) is 3.87. The van der Waals surface area contributed by atoms with Gasteiger partial charge in [0.15, 0.2) is 0 Å². The van der Waals surface area contributed by atoms with Crippen LogP contribution in [0.1, 0.15) is 0 Å². The first kappa shape index (κ1) is 29.4. The van der Waals surface area contributed by atoms with E-state index in [0.29, 0.717) is 0 Å². The molecule has 0 bridgehead atoms. The van der Waals surface area contributed by atoms with Gasteiger partial charge in [0.2, 0.25) is 0 Å². The quantitative estimate of drug-likeness (QED) is 0.181. The molecule has 0 atom stereocenters. The molecule has 3 heterocycles. The number of pyridine rings is 1. The van der Waals surface area contributed by atoms with E-state index >= 15 is 0 Å². The van der Waals surface area contributed by atoms with Crippen LogP contribution in [0.15, 0.2) is 188 Å². The third-order valence-electron chi connectivity index (χ3n) is 11.5. The zero-order valence-corrected chi connectivity index (χ0v) is 29.2. The van der Waals surface area contributed by atoms with Crippen molar-refractivity contribution in [2.75, 3.05) is 0 Å². The molecule has 250 valence electrons. The number of para-hydroxylation sites is 3. The zero-order chi connectivity index (χ0) is 35.3. The van der Waals surface area contributed by atoms with Gasteiger partial charge in [0.25, 0.3) is 0 Å². The van der Waals surface area contributed by atoms with Crippen LogP contribution in [0.25, 0.3) is 110 Å². The van der Waals surface area contributed by atoms with E-state index in [1.807, 2.05) is 12.4 Å². The molecule has 0 amide bonds. The van der Waals surface area contributed by atoms with Crippen LogP contribution in [0.4, 0.5) is 0 Å². The molecule has 0 aliphatic heterocycles. The number of nitrogens with zero attached hydrogens (tertiary/aromatic N) is 3. The third-order valence-corrected chi connectivity index (χ3v) is 11.5. The summed E-state index contributed by atoms with van der Waals surface area (Å²) in [6.45, 7) is 0. The summed E-state index contributed by atoms with van der Waals surface area (Å²) in [6, 6.07) is 64.4. The fraction of sp³-hybridized carbons (Fsp3) is 0. The second-order valence-corrected chi connectivity index (χ2v) is 14.4. The van der Waals surface area contributed by atoms with Crippen molar-refractivity contribution in [1.82, 2.24) is 14.1 Å². The molecule has 11 aromatic rings. The number of hydrogen-bond donors (Lipinski definition) is 0. The van der Waals surface area contributed by atoms with Gasteiger partial charge in [-0.3, -0.25) is 4.98 Å². The number of hydrogen-bond acceptors (Lipinski definition) is 1. The molecule has 0 N–H and O–H groups in total. The minimum Gasteiger partial charge on any atom is -0.309 e. The van der Waals surface area contributed by atoms with Gasteiger partial charge in [-0.25, -0.2) is 0 Å². The largest absolute Gasteiger partial charge is 0.309 e. The second kappa shape index (κ2) is 11.1. The first-order valence-corrected chi connectivity index (χ1v) is 18.5. The van der Waals surface area contributed by atoms with Crippen LogP contribution in [0.5, 0.6) is 0 Å². The predicted octanol–water partition coefficient (Wildman–Crippen LogP) is 13.4. The molecular weight excluding hydrogens is 655 g/mol. The SMILES string of the molecule is c1ccc(-n2c3ccccc3c3cc(-c4ccc5c(c4)c4ccc(-c6cc7c8c(cncc8c6)-c6ccccc6-7)cc4n5-c4ccccc4)ccc32)cc1. The number of benzene rings is 8. The van der Waals surface area contributed by atoms with Crippen LogP contribution in [-0.4, -0.2) is 14.1 Å². The lowest BCUT2D eigenvalue weighted by Gasteiger charge is -2.11. The molecule has 1 aliphatic carbocycles. The summed E-state index contributed by atoms with van der Waals surface area (Å²) in [6.07, 6.45) is 4.02. The topological polar surface area (TPSA) is 22.8 Å². The van der Waals surface area contributed by atoms with Gasteiger partial charge in [0.05, 0.1) is 22.1 Å². The Hall–Kier alpha value is -7.23. The van der Waals surface area contributed by atoms with E-state index in [0.717, 1.165) is 5.69 Å². The van der Waals surface area contributed by atoms with Crippen LogP contribution in [0, 0.1) is 0 Å². The average molecular weight is 686 g/mol. The Morgan fingerprint density at radius 3 is 1.56 bits per heavy atom. The number of aromatic nitrogens is 3. The van der Waals surface area contributed by atoms with E-state index in [4.69, 9.17) is 0 Å². The fourth-order valence-electron chi connectivity index (χ4n) is 9.10. The maximum Gasteiger partial charge on any atom is 0.0547 e. The molecule has 3 nitrogen and oxygen atoms in total. The zero-order valence-electron chi connectivity index (χ0n) is 29.2. The van der Waals surface area contributed by atoms with Gasteiger partial charge in [-0.15, -0.1) is 0 Å². The molecule has 12 rings (SSSR count). The first-order chi connectivity index (χ1) is 26.8. The Labute approximate surface area is 311 Å². The molecule has 0 saturated heterocycles. The Bertz CT molecular complexity index is 3310. The van der Waals surface area contributed by atoms with Crippen molar-refractivity contribution in [2.45, 2.75) is 0 Å². The van der Waals surface area contributed by atoms with Crippen molar-refractivity contribution >= 4 is 54.4 Å². The molecule has 0 spiro atoms. The highest BCUT2D eigenvalue weighted by molar-refractivity contribution is 6.17. The van der Waals surface area contributed by atoms with E-state index < -0.39 is 0 Å². The van der Waals surface area contributed by atoms with Crippen LogP contribution < -0.4 is 0 Å². The molecule has 0 saturated carbocycles. The standard InChI is InChI=1S/C51H31N3/c1-3-11-37(12-4-1)53-47-18-10-9-17-41(47)43-26-32(20-23-48(43)53)33-21-24-49-44(27-33)42-22-19-34(29-50(42)54(49)38-13-5-2-6-14-38)35-25-36-30-52-31-46-40-16-8-7-15-39(40)45(28-35)51(36)46/h1-31H. The summed E-state index contributed by atoms with van der Waals surface area (Å²) in [5.41, 5.74) is 17.0. The molecule has 3 heteroatoms. The van der Waals surface area contributed by atoms with Gasteiger partial charge < -0.3 is 9.13 Å². The Morgan fingerprint density at radius 1 is 0.315 bits per heavy atom. The summed E-state index contributed by atoms with van der Waals surface area (Å²) in [5.74, 6) is 0. The van der Waals surface area contributed by atoms with Crippen molar-refractivity contribution in [3.63, 3.8) is 0 Å². The molecular formula is C51H31N3. The van der Waals surface area contributed by atoms with Crippen molar-refractivity contribution < 1.29 is 0 Å². The van der Waals surface area contributed by atoms with E-state index in [-0.39, 0.29) is 0 Å². The lowest BCUT2D eigenvalue weighted by Crippen LogP contribution is -1.93. The highest BCUT2D eigenvalue weighted by atomic mass is 15.0. The number of rotatable bonds is 4. The van der Waals surface area contributed by atoms with Crippen LogP contribution >= 0.6 is 0 Å². The highest BCUT2D eigenvalue weighted by Gasteiger charge is 2.23. The van der Waals surface area contributed by atoms with Gasteiger partial charge in [-0.2, -0.15) is 0 Å². The minimum atomic E-state index is 1.15. The summed E-state index contributed by atoms with van der Waals surface area (Å²) in [7, 11) is 0. The molecule has 1 aliphatic rings. The fourth-order valence-corrected chi connectivity index (χ4v) is 9.10. The van der Waals surface area contributed by atoms with Crippen LogP contribution in [0.3, 0.4) is 0 Å². The molecule has 54 heavy (non-hydrogen) atoms. The smallest absolute Gasteiger partial charge is 0.0547 e. The maximum atomic E-state index is 4.66. The van der Waals surface area contributed by atoms with Crippen molar-refractivity contribution in [3.8, 4) is 55.9 Å². The van der Waals surface area contributed by atoms with Crippen LogP contribution in [-0.2, 0) is 0 Å². The molecule has 0 unspecified atom stereocenters. The monoisotopic (exact) mass is 685 g/mol. The first-order valence-electron chi connectivity index (χ1n) is 18.5. The molecule has 3 aromatic heterocycles.